The van der Waals surface area contributed by atoms with Crippen molar-refractivity contribution in [3.05, 3.63) is 83.7 Å². The quantitative estimate of drug-likeness (QED) is 0.683. The van der Waals surface area contributed by atoms with E-state index in [0.717, 1.165) is 17.8 Å². The van der Waals surface area contributed by atoms with Crippen LogP contribution in [0.1, 0.15) is 42.4 Å². The van der Waals surface area contributed by atoms with Crippen molar-refractivity contribution in [3.63, 3.8) is 0 Å². The van der Waals surface area contributed by atoms with E-state index in [2.05, 4.69) is 79.7 Å². The van der Waals surface area contributed by atoms with Gasteiger partial charge in [-0.05, 0) is 80.3 Å². The van der Waals surface area contributed by atoms with Crippen LogP contribution >= 0.6 is 0 Å². The van der Waals surface area contributed by atoms with Crippen LogP contribution in [0, 0.1) is 19.8 Å². The molecule has 0 unspecified atom stereocenters. The van der Waals surface area contributed by atoms with Crippen molar-refractivity contribution in [1.82, 2.24) is 0 Å². The number of allylic oxidation sites excluding steroid dienone is 2. The zero-order valence-corrected chi connectivity index (χ0v) is 16.6. The number of benzene rings is 2. The normalized spacial score (nSPS) is 21.9. The number of aryl methyl sites for hydroxylation is 2. The summed E-state index contributed by atoms with van der Waals surface area (Å²) in [6.45, 7) is 13.0. The molecule has 1 aliphatic carbocycles. The van der Waals surface area contributed by atoms with E-state index in [0.29, 0.717) is 12.0 Å². The molecule has 2 nitrogen and oxygen atoms in total. The second-order valence-electron chi connectivity index (χ2n) is 8.20. The van der Waals surface area contributed by atoms with Crippen molar-refractivity contribution in [3.8, 4) is 0 Å². The fourth-order valence-corrected chi connectivity index (χ4v) is 4.61. The van der Waals surface area contributed by atoms with Gasteiger partial charge in [0.1, 0.15) is 0 Å². The van der Waals surface area contributed by atoms with Crippen LogP contribution < -0.4 is 10.2 Å². The molecular weight excluding hydrogens is 328 g/mol. The summed E-state index contributed by atoms with van der Waals surface area (Å²) in [6, 6.07) is 15.9. The first kappa shape index (κ1) is 17.9. The second kappa shape index (κ2) is 7.26. The van der Waals surface area contributed by atoms with Gasteiger partial charge in [0.2, 0.25) is 0 Å². The highest BCUT2D eigenvalue weighted by molar-refractivity contribution is 5.65. The maximum Gasteiger partial charge on any atom is 0.0447 e. The highest BCUT2D eigenvalue weighted by Gasteiger charge is 2.32. The van der Waals surface area contributed by atoms with Crippen LogP contribution in [0.25, 0.3) is 0 Å². The van der Waals surface area contributed by atoms with E-state index in [9.17, 15) is 0 Å². The summed E-state index contributed by atoms with van der Waals surface area (Å²) in [5.41, 5.74) is 9.03. The molecule has 27 heavy (non-hydrogen) atoms. The first-order valence-electron chi connectivity index (χ1n) is 10.1. The van der Waals surface area contributed by atoms with Crippen LogP contribution in [-0.2, 0) is 6.42 Å². The molecule has 2 heteroatoms. The lowest BCUT2D eigenvalue weighted by atomic mass is 9.83. The predicted octanol–water partition coefficient (Wildman–Crippen LogP) is 6.36. The molecule has 1 heterocycles. The summed E-state index contributed by atoms with van der Waals surface area (Å²) in [6.07, 6.45) is 5.77. The molecule has 2 aromatic rings. The third kappa shape index (κ3) is 3.53. The van der Waals surface area contributed by atoms with Gasteiger partial charge in [-0.25, -0.2) is 0 Å². The number of fused-ring (bicyclic) bond motifs is 1. The minimum absolute atomic E-state index is 0.550. The fourth-order valence-electron chi connectivity index (χ4n) is 4.61. The van der Waals surface area contributed by atoms with Crippen LogP contribution in [0.5, 0.6) is 0 Å². The topological polar surface area (TPSA) is 15.3 Å². The monoisotopic (exact) mass is 358 g/mol. The van der Waals surface area contributed by atoms with Gasteiger partial charge in [0.25, 0.3) is 0 Å². The largest absolute Gasteiger partial charge is 0.359 e. The van der Waals surface area contributed by atoms with Gasteiger partial charge in [-0.2, -0.15) is 0 Å². The van der Waals surface area contributed by atoms with Crippen LogP contribution in [0.2, 0.25) is 0 Å². The molecule has 140 valence electrons. The van der Waals surface area contributed by atoms with Gasteiger partial charge in [-0.15, -0.1) is 0 Å². The molecule has 2 aliphatic rings. The number of nitrogens with zero attached hydrogens (tertiary/aromatic N) is 1. The van der Waals surface area contributed by atoms with E-state index in [1.807, 2.05) is 0 Å². The number of anilines is 2. The summed E-state index contributed by atoms with van der Waals surface area (Å²) < 4.78 is 0. The Labute approximate surface area is 163 Å². The first-order valence-corrected chi connectivity index (χ1v) is 10.1. The smallest absolute Gasteiger partial charge is 0.0447 e. The Morgan fingerprint density at radius 3 is 2.48 bits per heavy atom. The average molecular weight is 359 g/mol. The molecule has 4 rings (SSSR count). The van der Waals surface area contributed by atoms with Crippen molar-refractivity contribution in [2.24, 2.45) is 5.92 Å². The number of para-hydroxylation sites is 1. The molecule has 1 N–H and O–H groups in total. The minimum atomic E-state index is 0.550. The summed E-state index contributed by atoms with van der Waals surface area (Å²) >= 11 is 0. The van der Waals surface area contributed by atoms with E-state index >= 15 is 0 Å². The van der Waals surface area contributed by atoms with Crippen molar-refractivity contribution in [1.29, 1.82) is 0 Å². The number of nitrogens with one attached hydrogen (secondary N) is 1. The van der Waals surface area contributed by atoms with E-state index in [1.54, 1.807) is 0 Å². The summed E-state index contributed by atoms with van der Waals surface area (Å²) in [5, 5.41) is 3.56. The number of rotatable bonds is 4. The van der Waals surface area contributed by atoms with Crippen molar-refractivity contribution in [2.45, 2.75) is 52.0 Å². The molecule has 1 aliphatic heterocycles. The third-order valence-corrected chi connectivity index (χ3v) is 6.35. The fraction of sp³-hybridized carbons (Fsp3) is 0.360. The zero-order valence-electron chi connectivity index (χ0n) is 16.6. The van der Waals surface area contributed by atoms with Crippen molar-refractivity contribution < 1.29 is 0 Å². The van der Waals surface area contributed by atoms with Gasteiger partial charge in [-0.1, -0.05) is 37.4 Å². The first-order chi connectivity index (χ1) is 13.0. The number of hydrogen-bond donors (Lipinski definition) is 1. The maximum absolute atomic E-state index is 4.36. The molecule has 0 bridgehead atoms. The molecular formula is C25H30N2. The standard InChI is InChI=1S/C25H30N2/c1-17-9-12-23(15-18(17)2)26-20(4)21-10-13-24(14-11-21)27-19(3)16-22-7-5-6-8-25(22)27/h5-9,12,15,21,24,26H,3-4,10-11,13-14,16H2,1-2H3. The Bertz CT molecular complexity index is 872. The van der Waals surface area contributed by atoms with Gasteiger partial charge in [0.05, 0.1) is 0 Å². The van der Waals surface area contributed by atoms with E-state index in [-0.39, 0.29) is 0 Å². The molecule has 2 aromatic carbocycles. The Morgan fingerprint density at radius 1 is 1.00 bits per heavy atom. The molecule has 0 aromatic heterocycles. The highest BCUT2D eigenvalue weighted by atomic mass is 15.2. The van der Waals surface area contributed by atoms with Crippen LogP contribution in [0.15, 0.2) is 67.0 Å². The predicted molar refractivity (Wildman–Crippen MR) is 116 cm³/mol. The van der Waals surface area contributed by atoms with Crippen LogP contribution in [-0.4, -0.2) is 6.04 Å². The Hall–Kier alpha value is -2.48. The minimum Gasteiger partial charge on any atom is -0.359 e. The molecule has 0 atom stereocenters. The SMILES string of the molecule is C=C(Nc1ccc(C)c(C)c1)C1CCC(N2C(=C)Cc3ccccc32)CC1. The van der Waals surface area contributed by atoms with E-state index in [4.69, 9.17) is 0 Å². The average Bonchev–Trinajstić information content (AvgIpc) is 3.00. The van der Waals surface area contributed by atoms with Gasteiger partial charge in [0, 0.05) is 35.2 Å². The lowest BCUT2D eigenvalue weighted by Gasteiger charge is -2.37. The highest BCUT2D eigenvalue weighted by Crippen LogP contribution is 2.41. The Kier molecular flexibility index (Phi) is 4.82. The summed E-state index contributed by atoms with van der Waals surface area (Å²) in [4.78, 5) is 2.51. The van der Waals surface area contributed by atoms with E-state index in [1.165, 1.54) is 53.8 Å². The van der Waals surface area contributed by atoms with Gasteiger partial charge >= 0.3 is 0 Å². The van der Waals surface area contributed by atoms with Crippen LogP contribution in [0.3, 0.4) is 0 Å². The second-order valence-corrected chi connectivity index (χ2v) is 8.20. The van der Waals surface area contributed by atoms with Gasteiger partial charge < -0.3 is 10.2 Å². The van der Waals surface area contributed by atoms with Crippen molar-refractivity contribution >= 4 is 11.4 Å². The Balaban J connectivity index is 1.38. The molecule has 0 amide bonds. The molecule has 0 radical (unpaired) electrons. The molecule has 1 fully saturated rings. The van der Waals surface area contributed by atoms with Gasteiger partial charge in [-0.3, -0.25) is 0 Å². The summed E-state index contributed by atoms with van der Waals surface area (Å²) in [7, 11) is 0. The van der Waals surface area contributed by atoms with Crippen LogP contribution in [0.4, 0.5) is 11.4 Å². The maximum atomic E-state index is 4.36. The molecule has 0 saturated heterocycles. The Morgan fingerprint density at radius 2 is 1.74 bits per heavy atom. The lowest BCUT2D eigenvalue weighted by molar-refractivity contribution is 0.358. The van der Waals surface area contributed by atoms with E-state index < -0.39 is 0 Å². The van der Waals surface area contributed by atoms with Crippen molar-refractivity contribution in [2.75, 3.05) is 10.2 Å². The lowest BCUT2D eigenvalue weighted by Crippen LogP contribution is -2.36. The zero-order chi connectivity index (χ0) is 19.0. The van der Waals surface area contributed by atoms with Gasteiger partial charge in [0.15, 0.2) is 0 Å². The molecule has 0 spiro atoms. The number of hydrogen-bond acceptors (Lipinski definition) is 2. The summed E-state index contributed by atoms with van der Waals surface area (Å²) in [5.74, 6) is 0.550. The third-order valence-electron chi connectivity index (χ3n) is 6.35. The molecule has 1 saturated carbocycles.